The molecule has 0 saturated carbocycles. The van der Waals surface area contributed by atoms with Crippen molar-refractivity contribution in [2.75, 3.05) is 0 Å². The highest BCUT2D eigenvalue weighted by atomic mass is 16.6. The number of cyclic esters (lactones) is 1. The van der Waals surface area contributed by atoms with E-state index in [2.05, 4.69) is 6.58 Å². The maximum atomic E-state index is 11.5. The van der Waals surface area contributed by atoms with Crippen LogP contribution in [0, 0.1) is 0 Å². The van der Waals surface area contributed by atoms with Crippen molar-refractivity contribution in [3.05, 3.63) is 48.0 Å². The molecule has 2 nitrogen and oxygen atoms in total. The van der Waals surface area contributed by atoms with Crippen LogP contribution in [-0.2, 0) is 9.53 Å². The summed E-state index contributed by atoms with van der Waals surface area (Å²) in [5.74, 6) is -0.319. The van der Waals surface area contributed by atoms with Crippen LogP contribution in [0.5, 0.6) is 0 Å². The fourth-order valence-corrected chi connectivity index (χ4v) is 2.15. The highest BCUT2D eigenvalue weighted by molar-refractivity contribution is 5.93. The topological polar surface area (TPSA) is 26.3 Å². The number of carbonyl (C=O) groups is 1. The highest BCUT2D eigenvalue weighted by Crippen LogP contribution is 2.42. The Hall–Kier alpha value is -1.57. The van der Waals surface area contributed by atoms with Crippen molar-refractivity contribution in [2.24, 2.45) is 0 Å². The monoisotopic (exact) mass is 202 g/mol. The van der Waals surface area contributed by atoms with Crippen LogP contribution in [0.2, 0.25) is 0 Å². The number of ether oxygens (including phenoxy) is 1. The molecule has 1 heterocycles. The number of hydrogen-bond donors (Lipinski definition) is 0. The number of benzene rings is 1. The Kier molecular flexibility index (Phi) is 2.14. The van der Waals surface area contributed by atoms with E-state index < -0.39 is 5.60 Å². The summed E-state index contributed by atoms with van der Waals surface area (Å²) >= 11 is 0. The maximum Gasteiger partial charge on any atom is 0.334 e. The highest BCUT2D eigenvalue weighted by Gasteiger charge is 2.45. The van der Waals surface area contributed by atoms with E-state index >= 15 is 0 Å². The molecule has 1 fully saturated rings. The van der Waals surface area contributed by atoms with E-state index in [0.717, 1.165) is 5.56 Å². The third-order valence-electron chi connectivity index (χ3n) is 2.79. The lowest BCUT2D eigenvalue weighted by atomic mass is 9.82. The van der Waals surface area contributed by atoms with Gasteiger partial charge in [0, 0.05) is 5.57 Å². The molecular weight excluding hydrogens is 188 g/mol. The summed E-state index contributed by atoms with van der Waals surface area (Å²) in [5.41, 5.74) is 1.14. The molecule has 0 spiro atoms. The molecule has 2 heteroatoms. The average Bonchev–Trinajstić information content (AvgIpc) is 2.37. The molecule has 15 heavy (non-hydrogen) atoms. The van der Waals surface area contributed by atoms with Crippen LogP contribution in [0.4, 0.5) is 0 Å². The summed E-state index contributed by atoms with van der Waals surface area (Å²) < 4.78 is 5.29. The first-order valence-corrected chi connectivity index (χ1v) is 4.99. The Balaban J connectivity index is 2.45. The van der Waals surface area contributed by atoms with Gasteiger partial charge >= 0.3 is 5.97 Å². The molecule has 0 bridgehead atoms. The first-order chi connectivity index (χ1) is 7.02. The minimum atomic E-state index is -0.491. The van der Waals surface area contributed by atoms with Gasteiger partial charge in [0.25, 0.3) is 0 Å². The number of rotatable bonds is 1. The van der Waals surface area contributed by atoms with Gasteiger partial charge in [0.15, 0.2) is 0 Å². The van der Waals surface area contributed by atoms with Crippen molar-refractivity contribution in [3.63, 3.8) is 0 Å². The van der Waals surface area contributed by atoms with E-state index in [-0.39, 0.29) is 11.9 Å². The molecule has 78 valence electrons. The molecule has 0 aromatic heterocycles. The largest absolute Gasteiger partial charge is 0.455 e. The second kappa shape index (κ2) is 3.23. The number of hydrogen-bond acceptors (Lipinski definition) is 2. The molecule has 0 amide bonds. The van der Waals surface area contributed by atoms with Crippen LogP contribution < -0.4 is 0 Å². The van der Waals surface area contributed by atoms with E-state index in [0.29, 0.717) is 5.57 Å². The van der Waals surface area contributed by atoms with Crippen LogP contribution in [0.3, 0.4) is 0 Å². The van der Waals surface area contributed by atoms with Crippen molar-refractivity contribution in [1.29, 1.82) is 0 Å². The van der Waals surface area contributed by atoms with Crippen LogP contribution in [0.1, 0.15) is 25.3 Å². The number of carbonyl (C=O) groups excluding carboxylic acids is 1. The molecule has 0 unspecified atom stereocenters. The molecule has 2 rings (SSSR count). The van der Waals surface area contributed by atoms with Crippen molar-refractivity contribution < 1.29 is 9.53 Å². The van der Waals surface area contributed by atoms with Gasteiger partial charge in [-0.05, 0) is 19.4 Å². The minimum Gasteiger partial charge on any atom is -0.455 e. The van der Waals surface area contributed by atoms with E-state index in [4.69, 9.17) is 4.74 Å². The predicted octanol–water partition coefficient (Wildman–Crippen LogP) is 2.66. The van der Waals surface area contributed by atoms with Gasteiger partial charge in [0.05, 0.1) is 5.92 Å². The average molecular weight is 202 g/mol. The van der Waals surface area contributed by atoms with Gasteiger partial charge in [-0.1, -0.05) is 36.9 Å². The molecule has 1 aliphatic rings. The lowest BCUT2D eigenvalue weighted by molar-refractivity contribution is -0.144. The van der Waals surface area contributed by atoms with Gasteiger partial charge in [0.2, 0.25) is 0 Å². The zero-order valence-corrected chi connectivity index (χ0v) is 8.99. The lowest BCUT2D eigenvalue weighted by Crippen LogP contribution is -2.26. The smallest absolute Gasteiger partial charge is 0.334 e. The Morgan fingerprint density at radius 2 is 1.87 bits per heavy atom. The van der Waals surface area contributed by atoms with Crippen LogP contribution >= 0.6 is 0 Å². The fourth-order valence-electron chi connectivity index (χ4n) is 2.15. The second-order valence-corrected chi connectivity index (χ2v) is 4.36. The Labute approximate surface area is 89.6 Å². The number of esters is 1. The Morgan fingerprint density at radius 1 is 1.27 bits per heavy atom. The zero-order valence-electron chi connectivity index (χ0n) is 8.99. The molecule has 1 aliphatic heterocycles. The van der Waals surface area contributed by atoms with E-state index in [1.54, 1.807) is 0 Å². The van der Waals surface area contributed by atoms with Gasteiger partial charge in [-0.15, -0.1) is 0 Å². The van der Waals surface area contributed by atoms with Crippen molar-refractivity contribution in [3.8, 4) is 0 Å². The minimum absolute atomic E-state index is 0.0359. The van der Waals surface area contributed by atoms with E-state index in [9.17, 15) is 4.79 Å². The standard InChI is InChI=1S/C13H14O2/c1-9-11(10-7-5-4-6-8-10)13(2,3)15-12(9)14/h4-8,11H,1H2,2-3H3/t11-/m0/s1. The lowest BCUT2D eigenvalue weighted by Gasteiger charge is -2.24. The summed E-state index contributed by atoms with van der Waals surface area (Å²) in [4.78, 5) is 11.5. The molecule has 1 saturated heterocycles. The summed E-state index contributed by atoms with van der Waals surface area (Å²) in [6, 6.07) is 9.87. The predicted molar refractivity (Wildman–Crippen MR) is 58.5 cm³/mol. The molecule has 0 radical (unpaired) electrons. The molecular formula is C13H14O2. The van der Waals surface area contributed by atoms with Crippen LogP contribution in [0.15, 0.2) is 42.5 Å². The summed E-state index contributed by atoms with van der Waals surface area (Å²) in [7, 11) is 0. The zero-order chi connectivity index (χ0) is 11.1. The van der Waals surface area contributed by atoms with Crippen LogP contribution in [0.25, 0.3) is 0 Å². The van der Waals surface area contributed by atoms with Crippen molar-refractivity contribution >= 4 is 5.97 Å². The third kappa shape index (κ3) is 1.56. The third-order valence-corrected chi connectivity index (χ3v) is 2.79. The van der Waals surface area contributed by atoms with Gasteiger partial charge in [-0.3, -0.25) is 0 Å². The fraction of sp³-hybridized carbons (Fsp3) is 0.308. The van der Waals surface area contributed by atoms with Crippen molar-refractivity contribution in [2.45, 2.75) is 25.4 Å². The van der Waals surface area contributed by atoms with E-state index in [1.807, 2.05) is 44.2 Å². The SMILES string of the molecule is C=C1C(=O)OC(C)(C)[C@@H]1c1ccccc1. The van der Waals surface area contributed by atoms with Crippen LogP contribution in [-0.4, -0.2) is 11.6 Å². The maximum absolute atomic E-state index is 11.5. The molecule has 0 N–H and O–H groups in total. The first-order valence-electron chi connectivity index (χ1n) is 4.99. The summed E-state index contributed by atoms with van der Waals surface area (Å²) in [6.07, 6.45) is 0. The van der Waals surface area contributed by atoms with Gasteiger partial charge in [-0.2, -0.15) is 0 Å². The quantitative estimate of drug-likeness (QED) is 0.517. The Morgan fingerprint density at radius 3 is 2.33 bits per heavy atom. The summed E-state index contributed by atoms with van der Waals surface area (Å²) in [6.45, 7) is 7.65. The molecule has 0 aliphatic carbocycles. The molecule has 1 aromatic rings. The van der Waals surface area contributed by atoms with Gasteiger partial charge in [0.1, 0.15) is 5.60 Å². The normalized spacial score (nSPS) is 24.0. The second-order valence-electron chi connectivity index (χ2n) is 4.36. The molecule has 1 atom stereocenters. The van der Waals surface area contributed by atoms with Gasteiger partial charge < -0.3 is 4.74 Å². The van der Waals surface area contributed by atoms with Gasteiger partial charge in [-0.25, -0.2) is 4.79 Å². The molecule has 1 aromatic carbocycles. The van der Waals surface area contributed by atoms with Crippen molar-refractivity contribution in [1.82, 2.24) is 0 Å². The van der Waals surface area contributed by atoms with E-state index in [1.165, 1.54) is 0 Å². The Bertz CT molecular complexity index is 404. The first kappa shape index (κ1) is 9.97. The summed E-state index contributed by atoms with van der Waals surface area (Å²) in [5, 5.41) is 0.